The number of allylic oxidation sites excluding steroid dienone is 1. The second kappa shape index (κ2) is 13.0. The highest BCUT2D eigenvalue weighted by molar-refractivity contribution is 7.01. The molecule has 4 aromatic rings. The van der Waals surface area contributed by atoms with Crippen LogP contribution in [-0.4, -0.2) is 22.0 Å². The van der Waals surface area contributed by atoms with E-state index in [1.165, 1.54) is 32.6 Å². The Kier molecular flexibility index (Phi) is 9.23. The monoisotopic (exact) mass is 490 g/mol. The molecule has 0 bridgehead atoms. The minimum atomic E-state index is -2.55. The van der Waals surface area contributed by atoms with E-state index in [-0.39, 0.29) is 0 Å². The van der Waals surface area contributed by atoms with Gasteiger partial charge in [-0.25, -0.2) is 0 Å². The Morgan fingerprint density at radius 2 is 1.25 bits per heavy atom. The van der Waals surface area contributed by atoms with Crippen molar-refractivity contribution >= 4 is 18.7 Å². The first kappa shape index (κ1) is 25.6. The van der Waals surface area contributed by atoms with E-state index in [9.17, 15) is 0 Å². The Morgan fingerprint density at radius 1 is 0.722 bits per heavy atom. The fourth-order valence-corrected chi connectivity index (χ4v) is 7.99. The standard InChI is InChI=1S/C33H34O2Si/c1-3-13-29(24-25-35-26-28-20-22-31(23-21-28)30-14-7-4-8-15-30)27-36(34-2,32-16-9-5-10-17-32)33-18-11-6-12-19-33/h3-12,14-23,27H,1,13,24-26H2,2H3/b29-27+. The zero-order valence-electron chi connectivity index (χ0n) is 21.0. The lowest BCUT2D eigenvalue weighted by molar-refractivity contribution is 0.123. The summed E-state index contributed by atoms with van der Waals surface area (Å²) < 4.78 is 12.5. The Bertz CT molecular complexity index is 1190. The summed E-state index contributed by atoms with van der Waals surface area (Å²) in [5.41, 5.74) is 7.31. The number of ether oxygens (including phenoxy) is 1. The molecule has 0 amide bonds. The Labute approximate surface area is 216 Å². The second-order valence-corrected chi connectivity index (χ2v) is 12.2. The SMILES string of the molecule is C=CC/C(=C\[Si](OC)(c1ccccc1)c1ccccc1)CCOCc1ccc(-c2ccccc2)cc1. The van der Waals surface area contributed by atoms with Gasteiger partial charge in [0.05, 0.1) is 13.2 Å². The maximum atomic E-state index is 6.40. The van der Waals surface area contributed by atoms with Gasteiger partial charge in [0.1, 0.15) is 0 Å². The molecule has 182 valence electrons. The maximum absolute atomic E-state index is 6.40. The molecule has 0 fully saturated rings. The van der Waals surface area contributed by atoms with Crippen LogP contribution in [-0.2, 0) is 15.8 Å². The van der Waals surface area contributed by atoms with E-state index in [4.69, 9.17) is 9.16 Å². The largest absolute Gasteiger partial charge is 0.408 e. The van der Waals surface area contributed by atoms with E-state index in [0.717, 1.165) is 12.8 Å². The van der Waals surface area contributed by atoms with Crippen molar-refractivity contribution in [3.63, 3.8) is 0 Å². The van der Waals surface area contributed by atoms with Crippen molar-refractivity contribution in [2.24, 2.45) is 0 Å². The van der Waals surface area contributed by atoms with Crippen molar-refractivity contribution < 1.29 is 9.16 Å². The molecule has 0 spiro atoms. The molecule has 0 aliphatic carbocycles. The van der Waals surface area contributed by atoms with Crippen LogP contribution in [0.4, 0.5) is 0 Å². The molecule has 0 saturated carbocycles. The van der Waals surface area contributed by atoms with E-state index >= 15 is 0 Å². The number of benzene rings is 4. The molecule has 36 heavy (non-hydrogen) atoms. The minimum absolute atomic E-state index is 0.598. The normalized spacial score (nSPS) is 11.9. The molecule has 0 heterocycles. The highest BCUT2D eigenvalue weighted by Gasteiger charge is 2.36. The number of hydrogen-bond donors (Lipinski definition) is 0. The zero-order chi connectivity index (χ0) is 25.1. The summed E-state index contributed by atoms with van der Waals surface area (Å²) in [6.07, 6.45) is 3.62. The van der Waals surface area contributed by atoms with Crippen LogP contribution >= 0.6 is 0 Å². The Morgan fingerprint density at radius 3 is 1.78 bits per heavy atom. The molecule has 2 nitrogen and oxygen atoms in total. The van der Waals surface area contributed by atoms with Crippen LogP contribution in [0.5, 0.6) is 0 Å². The molecule has 0 aliphatic heterocycles. The van der Waals surface area contributed by atoms with Crippen LogP contribution in [0.1, 0.15) is 18.4 Å². The molecule has 4 aromatic carbocycles. The van der Waals surface area contributed by atoms with Gasteiger partial charge in [-0.05, 0) is 39.9 Å². The Hall–Kier alpha value is -3.50. The maximum Gasteiger partial charge on any atom is 0.280 e. The molecule has 0 aliphatic rings. The summed E-state index contributed by atoms with van der Waals surface area (Å²) in [7, 11) is -0.713. The summed E-state index contributed by atoms with van der Waals surface area (Å²) in [6, 6.07) is 40.3. The third kappa shape index (κ3) is 6.38. The predicted octanol–water partition coefficient (Wildman–Crippen LogP) is 6.71. The number of rotatable bonds is 12. The van der Waals surface area contributed by atoms with Gasteiger partial charge in [0, 0.05) is 7.11 Å². The van der Waals surface area contributed by atoms with E-state index in [2.05, 4.69) is 121 Å². The van der Waals surface area contributed by atoms with Crippen molar-refractivity contribution in [1.82, 2.24) is 0 Å². The van der Waals surface area contributed by atoms with Gasteiger partial charge in [-0.3, -0.25) is 0 Å². The molecule has 0 unspecified atom stereocenters. The van der Waals surface area contributed by atoms with Gasteiger partial charge in [0.2, 0.25) is 0 Å². The topological polar surface area (TPSA) is 18.5 Å². The first-order valence-corrected chi connectivity index (χ1v) is 14.4. The highest BCUT2D eigenvalue weighted by atomic mass is 28.4. The first-order chi connectivity index (χ1) is 17.7. The Balaban J connectivity index is 1.47. The third-order valence-corrected chi connectivity index (χ3v) is 10.3. The summed E-state index contributed by atoms with van der Waals surface area (Å²) in [5.74, 6) is 0. The van der Waals surface area contributed by atoms with Gasteiger partial charge in [0.15, 0.2) is 0 Å². The predicted molar refractivity (Wildman–Crippen MR) is 154 cm³/mol. The van der Waals surface area contributed by atoms with Crippen molar-refractivity contribution in [3.8, 4) is 11.1 Å². The van der Waals surface area contributed by atoms with Crippen molar-refractivity contribution in [2.75, 3.05) is 13.7 Å². The molecule has 4 rings (SSSR count). The fraction of sp³-hybridized carbons (Fsp3) is 0.152. The molecule has 0 saturated heterocycles. The van der Waals surface area contributed by atoms with Crippen molar-refractivity contribution in [3.05, 3.63) is 145 Å². The van der Waals surface area contributed by atoms with Gasteiger partial charge in [0.25, 0.3) is 8.32 Å². The number of hydrogen-bond acceptors (Lipinski definition) is 2. The molecule has 0 N–H and O–H groups in total. The third-order valence-electron chi connectivity index (χ3n) is 6.44. The summed E-state index contributed by atoms with van der Waals surface area (Å²) in [5, 5.41) is 2.47. The summed E-state index contributed by atoms with van der Waals surface area (Å²) >= 11 is 0. The fourth-order valence-electron chi connectivity index (χ4n) is 4.52. The molecule has 0 aromatic heterocycles. The summed E-state index contributed by atoms with van der Waals surface area (Å²) in [6.45, 7) is 5.25. The van der Waals surface area contributed by atoms with Crippen molar-refractivity contribution in [2.45, 2.75) is 19.4 Å². The lowest BCUT2D eigenvalue weighted by atomic mass is 10.0. The van der Waals surface area contributed by atoms with E-state index in [0.29, 0.717) is 13.2 Å². The van der Waals surface area contributed by atoms with Crippen LogP contribution in [0.15, 0.2) is 139 Å². The molecule has 3 heteroatoms. The van der Waals surface area contributed by atoms with Crippen LogP contribution in [0, 0.1) is 0 Å². The van der Waals surface area contributed by atoms with Gasteiger partial charge in [-0.2, -0.15) is 0 Å². The average molecular weight is 491 g/mol. The van der Waals surface area contributed by atoms with Crippen LogP contribution in [0.2, 0.25) is 0 Å². The van der Waals surface area contributed by atoms with Gasteiger partial charge >= 0.3 is 0 Å². The molecule has 0 radical (unpaired) electrons. The van der Waals surface area contributed by atoms with Crippen LogP contribution in [0.3, 0.4) is 0 Å². The van der Waals surface area contributed by atoms with E-state index < -0.39 is 8.32 Å². The molecule has 0 atom stereocenters. The van der Waals surface area contributed by atoms with Crippen LogP contribution in [0.25, 0.3) is 11.1 Å². The average Bonchev–Trinajstić information content (AvgIpc) is 2.96. The zero-order valence-corrected chi connectivity index (χ0v) is 22.0. The van der Waals surface area contributed by atoms with Gasteiger partial charge in [-0.15, -0.1) is 6.58 Å². The minimum Gasteiger partial charge on any atom is -0.408 e. The highest BCUT2D eigenvalue weighted by Crippen LogP contribution is 2.20. The molecular weight excluding hydrogens is 456 g/mol. The smallest absolute Gasteiger partial charge is 0.280 e. The van der Waals surface area contributed by atoms with E-state index in [1.807, 2.05) is 19.3 Å². The van der Waals surface area contributed by atoms with E-state index in [1.54, 1.807) is 0 Å². The van der Waals surface area contributed by atoms with Gasteiger partial charge in [-0.1, -0.05) is 133 Å². The lowest BCUT2D eigenvalue weighted by Crippen LogP contribution is -2.59. The second-order valence-electron chi connectivity index (χ2n) is 8.83. The van der Waals surface area contributed by atoms with Gasteiger partial charge < -0.3 is 9.16 Å². The molecular formula is C33H34O2Si. The quantitative estimate of drug-likeness (QED) is 0.125. The first-order valence-electron chi connectivity index (χ1n) is 12.4. The lowest BCUT2D eigenvalue weighted by Gasteiger charge is -2.29. The summed E-state index contributed by atoms with van der Waals surface area (Å²) in [4.78, 5) is 0. The van der Waals surface area contributed by atoms with Crippen molar-refractivity contribution in [1.29, 1.82) is 0 Å². The van der Waals surface area contributed by atoms with Crippen LogP contribution < -0.4 is 10.4 Å².